The fraction of sp³-hybridized carbons (Fsp3) is 0.600. The van der Waals surface area contributed by atoms with E-state index in [1.807, 2.05) is 6.07 Å². The summed E-state index contributed by atoms with van der Waals surface area (Å²) < 4.78 is 18.4. The van der Waals surface area contributed by atoms with Crippen molar-refractivity contribution >= 4 is 0 Å². The Labute approximate surface area is 110 Å². The topological polar surface area (TPSA) is 21.3 Å². The van der Waals surface area contributed by atoms with Crippen LogP contribution in [-0.4, -0.2) is 13.7 Å². The Kier molecular flexibility index (Phi) is 6.73. The predicted octanol–water partition coefficient (Wildman–Crippen LogP) is 4.07. The average molecular weight is 253 g/mol. The molecule has 0 fully saturated rings. The SMILES string of the molecule is CCCCC(NCCC)c1ccc(F)c(OC)c1. The molecule has 1 N–H and O–H groups in total. The van der Waals surface area contributed by atoms with Crippen LogP contribution >= 0.6 is 0 Å². The highest BCUT2D eigenvalue weighted by atomic mass is 19.1. The molecule has 0 saturated heterocycles. The molecule has 102 valence electrons. The number of rotatable bonds is 8. The van der Waals surface area contributed by atoms with Gasteiger partial charge in [-0.05, 0) is 37.1 Å². The van der Waals surface area contributed by atoms with Gasteiger partial charge >= 0.3 is 0 Å². The molecule has 0 saturated carbocycles. The Morgan fingerprint density at radius 2 is 2.06 bits per heavy atom. The lowest BCUT2D eigenvalue weighted by atomic mass is 10.0. The van der Waals surface area contributed by atoms with Gasteiger partial charge in [0.15, 0.2) is 11.6 Å². The molecule has 0 bridgehead atoms. The number of hydrogen-bond donors (Lipinski definition) is 1. The lowest BCUT2D eigenvalue weighted by molar-refractivity contribution is 0.384. The van der Waals surface area contributed by atoms with Gasteiger partial charge in [-0.1, -0.05) is 32.8 Å². The summed E-state index contributed by atoms with van der Waals surface area (Å²) in [6, 6.07) is 5.43. The van der Waals surface area contributed by atoms with Crippen LogP contribution in [-0.2, 0) is 0 Å². The van der Waals surface area contributed by atoms with Crippen LogP contribution in [0, 0.1) is 5.82 Å². The van der Waals surface area contributed by atoms with Crippen molar-refractivity contribution in [1.29, 1.82) is 0 Å². The minimum absolute atomic E-state index is 0.291. The number of halogens is 1. The van der Waals surface area contributed by atoms with E-state index in [0.717, 1.165) is 24.9 Å². The zero-order chi connectivity index (χ0) is 13.4. The fourth-order valence-electron chi connectivity index (χ4n) is 2.01. The quantitative estimate of drug-likeness (QED) is 0.754. The van der Waals surface area contributed by atoms with Gasteiger partial charge in [0.25, 0.3) is 0 Å². The molecule has 0 aliphatic carbocycles. The predicted molar refractivity (Wildman–Crippen MR) is 73.5 cm³/mol. The Hall–Kier alpha value is -1.09. The zero-order valence-corrected chi connectivity index (χ0v) is 11.6. The van der Waals surface area contributed by atoms with Gasteiger partial charge in [-0.15, -0.1) is 0 Å². The summed E-state index contributed by atoms with van der Waals surface area (Å²) in [6.45, 7) is 5.31. The number of methoxy groups -OCH3 is 1. The number of hydrogen-bond acceptors (Lipinski definition) is 2. The highest BCUT2D eigenvalue weighted by molar-refractivity contribution is 5.32. The molecular weight excluding hydrogens is 229 g/mol. The first-order valence-electron chi connectivity index (χ1n) is 6.79. The molecule has 1 atom stereocenters. The monoisotopic (exact) mass is 253 g/mol. The van der Waals surface area contributed by atoms with Gasteiger partial charge < -0.3 is 10.1 Å². The summed E-state index contributed by atoms with van der Waals surface area (Å²) in [7, 11) is 1.50. The summed E-state index contributed by atoms with van der Waals surface area (Å²) in [5.41, 5.74) is 1.11. The molecule has 2 nitrogen and oxygen atoms in total. The van der Waals surface area contributed by atoms with Crippen LogP contribution in [0.3, 0.4) is 0 Å². The van der Waals surface area contributed by atoms with Crippen molar-refractivity contribution in [1.82, 2.24) is 5.32 Å². The minimum atomic E-state index is -0.300. The zero-order valence-electron chi connectivity index (χ0n) is 11.6. The van der Waals surface area contributed by atoms with Gasteiger partial charge in [0.2, 0.25) is 0 Å². The summed E-state index contributed by atoms with van der Waals surface area (Å²) in [5.74, 6) is 0.0262. The highest BCUT2D eigenvalue weighted by Crippen LogP contribution is 2.25. The number of benzene rings is 1. The Morgan fingerprint density at radius 3 is 2.67 bits per heavy atom. The number of nitrogens with one attached hydrogen (secondary N) is 1. The van der Waals surface area contributed by atoms with Gasteiger partial charge in [0.1, 0.15) is 0 Å². The van der Waals surface area contributed by atoms with E-state index in [4.69, 9.17) is 4.74 Å². The normalized spacial score (nSPS) is 12.4. The third-order valence-corrected chi connectivity index (χ3v) is 3.06. The van der Waals surface area contributed by atoms with E-state index in [1.54, 1.807) is 6.07 Å². The molecule has 0 radical (unpaired) electrons. The summed E-state index contributed by atoms with van der Waals surface area (Å²) >= 11 is 0. The molecular formula is C15H24FNO. The van der Waals surface area contributed by atoms with E-state index >= 15 is 0 Å². The van der Waals surface area contributed by atoms with Crippen molar-refractivity contribution in [2.24, 2.45) is 0 Å². The molecule has 1 aromatic carbocycles. The van der Waals surface area contributed by atoms with E-state index in [1.165, 1.54) is 26.0 Å². The first kappa shape index (κ1) is 15.0. The van der Waals surface area contributed by atoms with Crippen LogP contribution in [0.25, 0.3) is 0 Å². The summed E-state index contributed by atoms with van der Waals surface area (Å²) in [4.78, 5) is 0. The van der Waals surface area contributed by atoms with Crippen molar-refractivity contribution in [3.63, 3.8) is 0 Å². The standard InChI is InChI=1S/C15H24FNO/c1-4-6-7-14(17-10-5-2)12-8-9-13(16)15(11-12)18-3/h8-9,11,14,17H,4-7,10H2,1-3H3. The second-order valence-corrected chi connectivity index (χ2v) is 4.54. The maximum Gasteiger partial charge on any atom is 0.165 e. The Morgan fingerprint density at radius 1 is 1.28 bits per heavy atom. The molecule has 0 aromatic heterocycles. The second kappa shape index (κ2) is 8.09. The Bertz CT molecular complexity index is 346. The van der Waals surface area contributed by atoms with Gasteiger partial charge in [-0.3, -0.25) is 0 Å². The van der Waals surface area contributed by atoms with Crippen molar-refractivity contribution in [2.45, 2.75) is 45.6 Å². The maximum atomic E-state index is 13.4. The van der Waals surface area contributed by atoms with Crippen LogP contribution in [0.1, 0.15) is 51.1 Å². The van der Waals surface area contributed by atoms with E-state index in [-0.39, 0.29) is 5.82 Å². The van der Waals surface area contributed by atoms with E-state index in [9.17, 15) is 4.39 Å². The third-order valence-electron chi connectivity index (χ3n) is 3.06. The molecule has 0 amide bonds. The molecule has 3 heteroatoms. The molecule has 1 aromatic rings. The maximum absolute atomic E-state index is 13.4. The van der Waals surface area contributed by atoms with Crippen molar-refractivity contribution in [3.8, 4) is 5.75 Å². The van der Waals surface area contributed by atoms with Gasteiger partial charge in [-0.25, -0.2) is 4.39 Å². The first-order valence-corrected chi connectivity index (χ1v) is 6.79. The van der Waals surface area contributed by atoms with Crippen LogP contribution in [0.4, 0.5) is 4.39 Å². The van der Waals surface area contributed by atoms with Crippen LogP contribution in [0.5, 0.6) is 5.75 Å². The van der Waals surface area contributed by atoms with Crippen molar-refractivity contribution in [3.05, 3.63) is 29.6 Å². The molecule has 1 unspecified atom stereocenters. The fourth-order valence-corrected chi connectivity index (χ4v) is 2.01. The second-order valence-electron chi connectivity index (χ2n) is 4.54. The highest BCUT2D eigenvalue weighted by Gasteiger charge is 2.12. The third kappa shape index (κ3) is 4.30. The first-order chi connectivity index (χ1) is 8.72. The number of ether oxygens (including phenoxy) is 1. The largest absolute Gasteiger partial charge is 0.494 e. The number of unbranched alkanes of at least 4 members (excludes halogenated alkanes) is 1. The lowest BCUT2D eigenvalue weighted by Gasteiger charge is -2.19. The van der Waals surface area contributed by atoms with E-state index in [0.29, 0.717) is 11.8 Å². The summed E-state index contributed by atoms with van der Waals surface area (Å²) in [5, 5.41) is 3.51. The average Bonchev–Trinajstić information content (AvgIpc) is 2.40. The Balaban J connectivity index is 2.82. The van der Waals surface area contributed by atoms with Crippen LogP contribution in [0.2, 0.25) is 0 Å². The molecule has 0 aliphatic heterocycles. The minimum Gasteiger partial charge on any atom is -0.494 e. The van der Waals surface area contributed by atoms with E-state index < -0.39 is 0 Å². The molecule has 0 aliphatic rings. The smallest absolute Gasteiger partial charge is 0.165 e. The molecule has 0 spiro atoms. The molecule has 0 heterocycles. The van der Waals surface area contributed by atoms with Crippen molar-refractivity contribution in [2.75, 3.05) is 13.7 Å². The lowest BCUT2D eigenvalue weighted by Crippen LogP contribution is -2.22. The van der Waals surface area contributed by atoms with Crippen molar-refractivity contribution < 1.29 is 9.13 Å². The van der Waals surface area contributed by atoms with Gasteiger partial charge in [-0.2, -0.15) is 0 Å². The van der Waals surface area contributed by atoms with Crippen LogP contribution < -0.4 is 10.1 Å². The van der Waals surface area contributed by atoms with Gasteiger partial charge in [0.05, 0.1) is 7.11 Å². The van der Waals surface area contributed by atoms with Crippen LogP contribution in [0.15, 0.2) is 18.2 Å². The van der Waals surface area contributed by atoms with E-state index in [2.05, 4.69) is 19.2 Å². The molecule has 18 heavy (non-hydrogen) atoms. The van der Waals surface area contributed by atoms with Gasteiger partial charge in [0, 0.05) is 6.04 Å². The summed E-state index contributed by atoms with van der Waals surface area (Å²) in [6.07, 6.45) is 4.51. The molecule has 1 rings (SSSR count).